The van der Waals surface area contributed by atoms with Crippen LogP contribution < -0.4 is 5.32 Å². The number of hydrogen-bond donors (Lipinski definition) is 1. The minimum Gasteiger partial charge on any atom is -0.296 e. The molecule has 0 fully saturated rings. The van der Waals surface area contributed by atoms with Crippen LogP contribution in [-0.2, 0) is 0 Å². The quantitative estimate of drug-likeness (QED) is 0.927. The van der Waals surface area contributed by atoms with Crippen molar-refractivity contribution in [3.8, 4) is 0 Å². The van der Waals surface area contributed by atoms with E-state index in [2.05, 4.69) is 31.4 Å². The van der Waals surface area contributed by atoms with Crippen molar-refractivity contribution in [2.45, 2.75) is 6.92 Å². The molecule has 0 bridgehead atoms. The molecule has 82 valence electrons. The first-order chi connectivity index (χ1) is 7.68. The zero-order valence-electron chi connectivity index (χ0n) is 8.40. The van der Waals surface area contributed by atoms with E-state index in [4.69, 9.17) is 0 Å². The molecule has 2 rings (SSSR count). The topological polar surface area (TPSA) is 54.9 Å². The molecule has 1 aromatic carbocycles. The van der Waals surface area contributed by atoms with Crippen LogP contribution in [0.2, 0.25) is 0 Å². The predicted octanol–water partition coefficient (Wildman–Crippen LogP) is 2.86. The summed E-state index contributed by atoms with van der Waals surface area (Å²) in [4.78, 5) is 11.9. The summed E-state index contributed by atoms with van der Waals surface area (Å²) >= 11 is 4.68. The molecule has 0 saturated carbocycles. The van der Waals surface area contributed by atoms with E-state index in [-0.39, 0.29) is 5.91 Å². The van der Waals surface area contributed by atoms with Crippen molar-refractivity contribution >= 4 is 38.3 Å². The average Bonchev–Trinajstić information content (AvgIpc) is 2.74. The van der Waals surface area contributed by atoms with Gasteiger partial charge in [0.2, 0.25) is 5.13 Å². The fraction of sp³-hybridized carbons (Fsp3) is 0.100. The molecular formula is C10H8BrN3OS. The Labute approximate surface area is 105 Å². The predicted molar refractivity (Wildman–Crippen MR) is 66.7 cm³/mol. The Kier molecular flexibility index (Phi) is 3.31. The first-order valence-corrected chi connectivity index (χ1v) is 6.18. The van der Waals surface area contributed by atoms with E-state index in [9.17, 15) is 4.79 Å². The van der Waals surface area contributed by atoms with E-state index in [1.165, 1.54) is 11.3 Å². The number of carbonyl (C=O) groups excluding carboxylic acids is 1. The molecule has 2 aromatic rings. The van der Waals surface area contributed by atoms with Crippen LogP contribution in [0.5, 0.6) is 0 Å². The molecule has 0 spiro atoms. The molecule has 0 unspecified atom stereocenters. The summed E-state index contributed by atoms with van der Waals surface area (Å²) in [5.74, 6) is -0.171. The summed E-state index contributed by atoms with van der Waals surface area (Å²) in [7, 11) is 0. The molecule has 6 heteroatoms. The molecule has 1 aromatic heterocycles. The van der Waals surface area contributed by atoms with Crippen LogP contribution >= 0.6 is 27.3 Å². The SMILES string of the molecule is Cc1c(Br)cccc1C(=O)Nc1nncs1. The van der Waals surface area contributed by atoms with Crippen molar-refractivity contribution in [2.24, 2.45) is 0 Å². The average molecular weight is 298 g/mol. The maximum Gasteiger partial charge on any atom is 0.257 e. The lowest BCUT2D eigenvalue weighted by atomic mass is 10.1. The number of halogens is 1. The number of nitrogens with zero attached hydrogens (tertiary/aromatic N) is 2. The standard InChI is InChI=1S/C10H8BrN3OS/c1-6-7(3-2-4-8(6)11)9(15)13-10-14-12-5-16-10/h2-5H,1H3,(H,13,14,15). The third-order valence-corrected chi connectivity index (χ3v) is 3.56. The largest absolute Gasteiger partial charge is 0.296 e. The molecule has 0 aliphatic carbocycles. The fourth-order valence-electron chi connectivity index (χ4n) is 1.25. The third kappa shape index (κ3) is 2.28. The first kappa shape index (κ1) is 11.2. The highest BCUT2D eigenvalue weighted by Crippen LogP contribution is 2.20. The number of hydrogen-bond acceptors (Lipinski definition) is 4. The zero-order chi connectivity index (χ0) is 11.5. The van der Waals surface area contributed by atoms with Crippen molar-refractivity contribution in [3.63, 3.8) is 0 Å². The van der Waals surface area contributed by atoms with Crippen LogP contribution in [0.4, 0.5) is 5.13 Å². The monoisotopic (exact) mass is 297 g/mol. The molecule has 0 atom stereocenters. The Hall–Kier alpha value is -1.27. The summed E-state index contributed by atoms with van der Waals surface area (Å²) in [5, 5.41) is 10.6. The summed E-state index contributed by atoms with van der Waals surface area (Å²) in [6.45, 7) is 1.89. The lowest BCUT2D eigenvalue weighted by Crippen LogP contribution is -2.13. The summed E-state index contributed by atoms with van der Waals surface area (Å²) in [6, 6.07) is 5.50. The van der Waals surface area contributed by atoms with Crippen LogP contribution in [0.15, 0.2) is 28.2 Å². The lowest BCUT2D eigenvalue weighted by Gasteiger charge is -2.06. The molecule has 0 saturated heterocycles. The summed E-state index contributed by atoms with van der Waals surface area (Å²) < 4.78 is 0.914. The van der Waals surface area contributed by atoms with Gasteiger partial charge in [-0.1, -0.05) is 33.3 Å². The van der Waals surface area contributed by atoms with Gasteiger partial charge in [-0.15, -0.1) is 10.2 Å². The Bertz CT molecular complexity index is 513. The maximum absolute atomic E-state index is 11.9. The molecule has 1 N–H and O–H groups in total. The normalized spacial score (nSPS) is 10.1. The number of aromatic nitrogens is 2. The van der Waals surface area contributed by atoms with E-state index < -0.39 is 0 Å². The minimum absolute atomic E-state index is 0.171. The highest BCUT2D eigenvalue weighted by molar-refractivity contribution is 9.10. The molecule has 1 heterocycles. The van der Waals surface area contributed by atoms with Crippen molar-refractivity contribution in [1.29, 1.82) is 0 Å². The van der Waals surface area contributed by atoms with Gasteiger partial charge >= 0.3 is 0 Å². The second-order valence-electron chi connectivity index (χ2n) is 3.11. The number of amides is 1. The van der Waals surface area contributed by atoms with Gasteiger partial charge in [0, 0.05) is 10.0 Å². The molecular weight excluding hydrogens is 290 g/mol. The van der Waals surface area contributed by atoms with Crippen molar-refractivity contribution in [2.75, 3.05) is 5.32 Å². The number of nitrogens with one attached hydrogen (secondary N) is 1. The molecule has 0 radical (unpaired) electrons. The number of rotatable bonds is 2. The van der Waals surface area contributed by atoms with Gasteiger partial charge in [-0.25, -0.2) is 0 Å². The molecule has 0 aliphatic rings. The van der Waals surface area contributed by atoms with Gasteiger partial charge in [0.05, 0.1) is 0 Å². The molecule has 1 amide bonds. The van der Waals surface area contributed by atoms with Crippen LogP contribution in [0.3, 0.4) is 0 Å². The summed E-state index contributed by atoms with van der Waals surface area (Å²) in [5.41, 5.74) is 3.11. The smallest absolute Gasteiger partial charge is 0.257 e. The van der Waals surface area contributed by atoms with Crippen LogP contribution in [0.1, 0.15) is 15.9 Å². The lowest BCUT2D eigenvalue weighted by molar-refractivity contribution is 0.102. The van der Waals surface area contributed by atoms with E-state index in [0.29, 0.717) is 10.7 Å². The summed E-state index contributed by atoms with van der Waals surface area (Å²) in [6.07, 6.45) is 0. The van der Waals surface area contributed by atoms with Crippen molar-refractivity contribution in [3.05, 3.63) is 39.3 Å². The van der Waals surface area contributed by atoms with Gasteiger partial charge in [0.15, 0.2) is 0 Å². The maximum atomic E-state index is 11.9. The van der Waals surface area contributed by atoms with Crippen LogP contribution in [0, 0.1) is 6.92 Å². The Morgan fingerprint density at radius 1 is 1.50 bits per heavy atom. The number of benzene rings is 1. The van der Waals surface area contributed by atoms with Crippen molar-refractivity contribution < 1.29 is 4.79 Å². The van der Waals surface area contributed by atoms with Gasteiger partial charge in [-0.05, 0) is 24.6 Å². The highest BCUT2D eigenvalue weighted by Gasteiger charge is 2.11. The molecule has 0 aliphatic heterocycles. The van der Waals surface area contributed by atoms with Gasteiger partial charge in [-0.2, -0.15) is 0 Å². The van der Waals surface area contributed by atoms with Gasteiger partial charge in [0.25, 0.3) is 5.91 Å². The second kappa shape index (κ2) is 4.71. The number of carbonyl (C=O) groups is 1. The highest BCUT2D eigenvalue weighted by atomic mass is 79.9. The van der Waals surface area contributed by atoms with E-state index >= 15 is 0 Å². The van der Waals surface area contributed by atoms with E-state index in [1.807, 2.05) is 19.1 Å². The second-order valence-corrected chi connectivity index (χ2v) is 4.80. The van der Waals surface area contributed by atoms with Crippen LogP contribution in [0.25, 0.3) is 0 Å². The first-order valence-electron chi connectivity index (χ1n) is 4.51. The Morgan fingerprint density at radius 3 is 3.00 bits per heavy atom. The van der Waals surface area contributed by atoms with Gasteiger partial charge < -0.3 is 0 Å². The molecule has 4 nitrogen and oxygen atoms in total. The van der Waals surface area contributed by atoms with E-state index in [1.54, 1.807) is 11.6 Å². The molecule has 16 heavy (non-hydrogen) atoms. The van der Waals surface area contributed by atoms with Crippen LogP contribution in [-0.4, -0.2) is 16.1 Å². The third-order valence-electron chi connectivity index (χ3n) is 2.09. The number of anilines is 1. The minimum atomic E-state index is -0.171. The van der Waals surface area contributed by atoms with Crippen molar-refractivity contribution in [1.82, 2.24) is 10.2 Å². The van der Waals surface area contributed by atoms with Gasteiger partial charge in [-0.3, -0.25) is 10.1 Å². The zero-order valence-corrected chi connectivity index (χ0v) is 10.8. The van der Waals surface area contributed by atoms with E-state index in [0.717, 1.165) is 10.0 Å². The Balaban J connectivity index is 2.24. The fourth-order valence-corrected chi connectivity index (χ4v) is 2.05. The Morgan fingerprint density at radius 2 is 2.31 bits per heavy atom. The van der Waals surface area contributed by atoms with Gasteiger partial charge in [0.1, 0.15) is 5.51 Å².